The van der Waals surface area contributed by atoms with E-state index in [4.69, 9.17) is 0 Å². The molecular formula is C16H24N2O. The largest absolute Gasteiger partial charge is 0.340 e. The number of benzene rings is 1. The molecule has 1 aromatic rings. The lowest BCUT2D eigenvalue weighted by Crippen LogP contribution is -2.44. The fraction of sp³-hybridized carbons (Fsp3) is 0.562. The summed E-state index contributed by atoms with van der Waals surface area (Å²) in [4.78, 5) is 14.3. The lowest BCUT2D eigenvalue weighted by molar-refractivity contribution is 0.0774. The zero-order valence-electron chi connectivity index (χ0n) is 12.2. The number of nitrogens with zero attached hydrogens (tertiary/aromatic N) is 1. The number of hydrogen-bond donors (Lipinski definition) is 1. The fourth-order valence-corrected chi connectivity index (χ4v) is 2.67. The molecule has 1 fully saturated rings. The van der Waals surface area contributed by atoms with Crippen LogP contribution in [0.3, 0.4) is 0 Å². The third kappa shape index (κ3) is 3.57. The molecule has 2 rings (SSSR count). The number of carbonyl (C=O) groups excluding carboxylic acids is 1. The van der Waals surface area contributed by atoms with E-state index in [0.29, 0.717) is 6.04 Å². The predicted molar refractivity (Wildman–Crippen MR) is 78.5 cm³/mol. The van der Waals surface area contributed by atoms with E-state index in [1.54, 1.807) is 0 Å². The van der Waals surface area contributed by atoms with Crippen molar-refractivity contribution in [1.29, 1.82) is 0 Å². The molecule has 0 spiro atoms. The molecule has 19 heavy (non-hydrogen) atoms. The summed E-state index contributed by atoms with van der Waals surface area (Å²) in [5, 5.41) is 3.49. The average molecular weight is 260 g/mol. The molecule has 1 N–H and O–H groups in total. The molecule has 0 aromatic heterocycles. The Bertz CT molecular complexity index is 450. The van der Waals surface area contributed by atoms with Crippen molar-refractivity contribution in [3.05, 3.63) is 34.9 Å². The monoisotopic (exact) mass is 260 g/mol. The zero-order chi connectivity index (χ0) is 13.8. The van der Waals surface area contributed by atoms with E-state index >= 15 is 0 Å². The fourth-order valence-electron chi connectivity index (χ4n) is 2.67. The topological polar surface area (TPSA) is 32.3 Å². The van der Waals surface area contributed by atoms with Crippen LogP contribution in [-0.4, -0.2) is 37.0 Å². The molecule has 1 atom stereocenters. The Balaban J connectivity index is 2.03. The molecule has 1 unspecified atom stereocenters. The van der Waals surface area contributed by atoms with Gasteiger partial charge in [0.1, 0.15) is 0 Å². The van der Waals surface area contributed by atoms with Crippen molar-refractivity contribution >= 4 is 5.91 Å². The highest BCUT2D eigenvalue weighted by atomic mass is 16.2. The van der Waals surface area contributed by atoms with Crippen molar-refractivity contribution in [3.63, 3.8) is 0 Å². The molecule has 1 aromatic carbocycles. The van der Waals surface area contributed by atoms with E-state index in [9.17, 15) is 4.79 Å². The van der Waals surface area contributed by atoms with Crippen molar-refractivity contribution in [3.8, 4) is 0 Å². The van der Waals surface area contributed by atoms with Crippen LogP contribution in [0.1, 0.15) is 40.7 Å². The first kappa shape index (κ1) is 14.1. The number of hydrogen-bond acceptors (Lipinski definition) is 2. The number of aryl methyl sites for hydroxylation is 2. The number of rotatable bonds is 3. The highest BCUT2D eigenvalue weighted by molar-refractivity contribution is 5.95. The first-order valence-corrected chi connectivity index (χ1v) is 7.14. The minimum Gasteiger partial charge on any atom is -0.340 e. The van der Waals surface area contributed by atoms with Crippen molar-refractivity contribution in [1.82, 2.24) is 10.2 Å². The zero-order valence-corrected chi connectivity index (χ0v) is 12.2. The molecule has 104 valence electrons. The normalized spacial score (nSPS) is 19.2. The maximum atomic E-state index is 12.5. The second-order valence-corrected chi connectivity index (χ2v) is 5.65. The Morgan fingerprint density at radius 2 is 2.16 bits per heavy atom. The summed E-state index contributed by atoms with van der Waals surface area (Å²) in [7, 11) is 1.90. The van der Waals surface area contributed by atoms with Gasteiger partial charge in [0.15, 0.2) is 0 Å². The van der Waals surface area contributed by atoms with Gasteiger partial charge in [-0.3, -0.25) is 4.79 Å². The van der Waals surface area contributed by atoms with Gasteiger partial charge in [-0.15, -0.1) is 0 Å². The second kappa shape index (κ2) is 6.20. The number of likely N-dealkylation sites (N-methyl/N-ethyl adjacent to an activating group) is 1. The number of nitrogens with one attached hydrogen (secondary N) is 1. The summed E-state index contributed by atoms with van der Waals surface area (Å²) >= 11 is 0. The minimum atomic E-state index is 0.133. The summed E-state index contributed by atoms with van der Waals surface area (Å²) in [5.41, 5.74) is 3.02. The Morgan fingerprint density at radius 3 is 2.84 bits per heavy atom. The summed E-state index contributed by atoms with van der Waals surface area (Å²) in [6.07, 6.45) is 3.69. The third-order valence-corrected chi connectivity index (χ3v) is 3.88. The van der Waals surface area contributed by atoms with Crippen LogP contribution in [0.15, 0.2) is 18.2 Å². The minimum absolute atomic E-state index is 0.133. The smallest absolute Gasteiger partial charge is 0.253 e. The van der Waals surface area contributed by atoms with Gasteiger partial charge in [0.2, 0.25) is 0 Å². The number of carbonyl (C=O) groups is 1. The van der Waals surface area contributed by atoms with E-state index in [1.807, 2.05) is 37.9 Å². The van der Waals surface area contributed by atoms with Crippen molar-refractivity contribution in [2.75, 3.05) is 20.1 Å². The molecule has 0 bridgehead atoms. The van der Waals surface area contributed by atoms with E-state index in [0.717, 1.165) is 29.8 Å². The molecule has 1 aliphatic rings. The van der Waals surface area contributed by atoms with Gasteiger partial charge < -0.3 is 10.2 Å². The quantitative estimate of drug-likeness (QED) is 0.905. The molecule has 3 heteroatoms. The predicted octanol–water partition coefficient (Wildman–Crippen LogP) is 2.52. The van der Waals surface area contributed by atoms with Crippen LogP contribution in [0.4, 0.5) is 0 Å². The van der Waals surface area contributed by atoms with Crippen LogP contribution >= 0.6 is 0 Å². The molecule has 1 saturated heterocycles. The van der Waals surface area contributed by atoms with Crippen LogP contribution in [0.25, 0.3) is 0 Å². The molecule has 0 aliphatic carbocycles. The van der Waals surface area contributed by atoms with Gasteiger partial charge in [-0.2, -0.15) is 0 Å². The molecule has 0 radical (unpaired) electrons. The van der Waals surface area contributed by atoms with Crippen LogP contribution in [0.5, 0.6) is 0 Å². The molecule has 0 saturated carbocycles. The van der Waals surface area contributed by atoms with E-state index in [1.165, 1.54) is 19.3 Å². The van der Waals surface area contributed by atoms with Gasteiger partial charge in [0.25, 0.3) is 5.91 Å². The maximum absolute atomic E-state index is 12.5. The third-order valence-electron chi connectivity index (χ3n) is 3.88. The Morgan fingerprint density at radius 1 is 1.37 bits per heavy atom. The Labute approximate surface area is 116 Å². The molecule has 1 amide bonds. The van der Waals surface area contributed by atoms with Crippen molar-refractivity contribution < 1.29 is 4.79 Å². The average Bonchev–Trinajstić information content (AvgIpc) is 2.42. The Kier molecular flexibility index (Phi) is 4.59. The summed E-state index contributed by atoms with van der Waals surface area (Å²) in [5.74, 6) is 0.133. The first-order chi connectivity index (χ1) is 9.08. The summed E-state index contributed by atoms with van der Waals surface area (Å²) < 4.78 is 0. The standard InChI is InChI=1S/C16H24N2O/c1-12-7-8-13(2)15(10-12)16(19)18(3)11-14-6-4-5-9-17-14/h7-8,10,14,17H,4-6,9,11H2,1-3H3. The SMILES string of the molecule is Cc1ccc(C)c(C(=O)N(C)CC2CCCCN2)c1. The van der Waals surface area contributed by atoms with E-state index in [-0.39, 0.29) is 5.91 Å². The van der Waals surface area contributed by atoms with Crippen LogP contribution in [0, 0.1) is 13.8 Å². The summed E-state index contributed by atoms with van der Waals surface area (Å²) in [6, 6.07) is 6.51. The van der Waals surface area contributed by atoms with E-state index in [2.05, 4.69) is 11.4 Å². The van der Waals surface area contributed by atoms with Crippen molar-refractivity contribution in [2.24, 2.45) is 0 Å². The molecule has 1 heterocycles. The highest BCUT2D eigenvalue weighted by Gasteiger charge is 2.19. The summed E-state index contributed by atoms with van der Waals surface area (Å²) in [6.45, 7) is 5.90. The van der Waals surface area contributed by atoms with Gasteiger partial charge in [-0.05, 0) is 44.9 Å². The van der Waals surface area contributed by atoms with Gasteiger partial charge >= 0.3 is 0 Å². The molecular weight excluding hydrogens is 236 g/mol. The lowest BCUT2D eigenvalue weighted by Gasteiger charge is -2.28. The van der Waals surface area contributed by atoms with Gasteiger partial charge in [-0.25, -0.2) is 0 Å². The van der Waals surface area contributed by atoms with Crippen LogP contribution in [0.2, 0.25) is 0 Å². The second-order valence-electron chi connectivity index (χ2n) is 5.65. The first-order valence-electron chi connectivity index (χ1n) is 7.14. The Hall–Kier alpha value is -1.35. The van der Waals surface area contributed by atoms with Gasteiger partial charge in [-0.1, -0.05) is 24.1 Å². The van der Waals surface area contributed by atoms with Crippen LogP contribution in [-0.2, 0) is 0 Å². The number of piperidine rings is 1. The molecule has 3 nitrogen and oxygen atoms in total. The molecule has 1 aliphatic heterocycles. The van der Waals surface area contributed by atoms with Crippen molar-refractivity contribution in [2.45, 2.75) is 39.2 Å². The van der Waals surface area contributed by atoms with Crippen LogP contribution < -0.4 is 5.32 Å². The maximum Gasteiger partial charge on any atom is 0.253 e. The van der Waals surface area contributed by atoms with Gasteiger partial charge in [0.05, 0.1) is 0 Å². The van der Waals surface area contributed by atoms with E-state index < -0.39 is 0 Å². The van der Waals surface area contributed by atoms with Gasteiger partial charge in [0, 0.05) is 25.2 Å². The number of amides is 1. The highest BCUT2D eigenvalue weighted by Crippen LogP contribution is 2.14. The lowest BCUT2D eigenvalue weighted by atomic mass is 10.0.